The Balaban J connectivity index is 1.83. The van der Waals surface area contributed by atoms with Crippen molar-refractivity contribution in [3.8, 4) is 0 Å². The third-order valence-electron chi connectivity index (χ3n) is 4.12. The first-order chi connectivity index (χ1) is 12.3. The number of hydrogen-bond donors (Lipinski definition) is 1. The molecule has 7 nitrogen and oxygen atoms in total. The summed E-state index contributed by atoms with van der Waals surface area (Å²) in [7, 11) is -4.09. The van der Waals surface area contributed by atoms with Crippen LogP contribution in [0.4, 0.5) is 14.6 Å². The molecule has 2 heterocycles. The van der Waals surface area contributed by atoms with E-state index in [9.17, 15) is 22.0 Å². The third kappa shape index (κ3) is 3.37. The maximum atomic E-state index is 13.7. The molecule has 0 spiro atoms. The fourth-order valence-electron chi connectivity index (χ4n) is 2.74. The number of halogens is 2. The lowest BCUT2D eigenvalue weighted by Gasteiger charge is -2.34. The van der Waals surface area contributed by atoms with Crippen LogP contribution in [0, 0.1) is 11.6 Å². The Morgan fingerprint density at radius 2 is 1.81 bits per heavy atom. The van der Waals surface area contributed by atoms with Crippen LogP contribution >= 0.6 is 0 Å². The fourth-order valence-corrected chi connectivity index (χ4v) is 4.20. The molecule has 1 aromatic carbocycles. The maximum Gasteiger partial charge on any atom is 0.251 e. The fraction of sp³-hybridized carbons (Fsp3) is 0.250. The summed E-state index contributed by atoms with van der Waals surface area (Å²) in [5.41, 5.74) is 4.19. The molecule has 0 unspecified atom stereocenters. The van der Waals surface area contributed by atoms with E-state index in [4.69, 9.17) is 5.73 Å². The number of sulfonamides is 1. The number of nitrogens with two attached hydrogens (primary N) is 1. The third-order valence-corrected chi connectivity index (χ3v) is 5.99. The van der Waals surface area contributed by atoms with Crippen LogP contribution in [0.25, 0.3) is 0 Å². The number of piperazine rings is 1. The van der Waals surface area contributed by atoms with Gasteiger partial charge in [0, 0.05) is 32.4 Å². The number of amides is 1. The molecule has 10 heteroatoms. The van der Waals surface area contributed by atoms with Crippen molar-refractivity contribution < 1.29 is 22.0 Å². The monoisotopic (exact) mass is 382 g/mol. The molecule has 0 radical (unpaired) electrons. The molecular formula is C16H16F2N4O3S. The number of aromatic nitrogens is 1. The topological polar surface area (TPSA) is 96.6 Å². The lowest BCUT2D eigenvalue weighted by molar-refractivity contribution is 0.0995. The van der Waals surface area contributed by atoms with Gasteiger partial charge in [0.2, 0.25) is 10.0 Å². The van der Waals surface area contributed by atoms with Gasteiger partial charge in [-0.05, 0) is 24.3 Å². The van der Waals surface area contributed by atoms with Gasteiger partial charge in [0.25, 0.3) is 5.91 Å². The van der Waals surface area contributed by atoms with Crippen LogP contribution in [-0.2, 0) is 10.0 Å². The van der Waals surface area contributed by atoms with Crippen molar-refractivity contribution in [3.05, 3.63) is 53.7 Å². The Morgan fingerprint density at radius 3 is 2.38 bits per heavy atom. The van der Waals surface area contributed by atoms with Crippen molar-refractivity contribution >= 4 is 21.7 Å². The largest absolute Gasteiger partial charge is 0.366 e. The van der Waals surface area contributed by atoms with Crippen LogP contribution in [0.1, 0.15) is 10.4 Å². The summed E-state index contributed by atoms with van der Waals surface area (Å²) < 4.78 is 53.9. The van der Waals surface area contributed by atoms with Gasteiger partial charge >= 0.3 is 0 Å². The molecule has 0 atom stereocenters. The van der Waals surface area contributed by atoms with Crippen molar-refractivity contribution in [1.82, 2.24) is 9.29 Å². The molecular weight excluding hydrogens is 366 g/mol. The molecule has 0 saturated carbocycles. The molecule has 138 valence electrons. The number of benzene rings is 1. The van der Waals surface area contributed by atoms with Gasteiger partial charge < -0.3 is 10.6 Å². The van der Waals surface area contributed by atoms with Crippen LogP contribution in [-0.4, -0.2) is 49.8 Å². The van der Waals surface area contributed by atoms with E-state index in [-0.39, 0.29) is 13.1 Å². The van der Waals surface area contributed by atoms with Gasteiger partial charge in [-0.25, -0.2) is 22.2 Å². The second-order valence-corrected chi connectivity index (χ2v) is 7.65. The van der Waals surface area contributed by atoms with Crippen LogP contribution in [0.3, 0.4) is 0 Å². The van der Waals surface area contributed by atoms with Crippen molar-refractivity contribution in [3.63, 3.8) is 0 Å². The molecule has 1 aromatic heterocycles. The molecule has 0 aliphatic carbocycles. The zero-order chi connectivity index (χ0) is 18.9. The van der Waals surface area contributed by atoms with Gasteiger partial charge in [0.1, 0.15) is 5.82 Å². The number of hydrogen-bond acceptors (Lipinski definition) is 5. The molecule has 1 aliphatic rings. The number of carbonyl (C=O) groups excluding carboxylic acids is 1. The van der Waals surface area contributed by atoms with E-state index in [0.717, 1.165) is 16.2 Å². The highest BCUT2D eigenvalue weighted by Crippen LogP contribution is 2.23. The van der Waals surface area contributed by atoms with E-state index < -0.39 is 38.0 Å². The van der Waals surface area contributed by atoms with Crippen molar-refractivity contribution in [2.24, 2.45) is 5.73 Å². The average Bonchev–Trinajstić information content (AvgIpc) is 2.64. The highest BCUT2D eigenvalue weighted by Gasteiger charge is 2.31. The summed E-state index contributed by atoms with van der Waals surface area (Å²) in [6, 6.07) is 6.75. The molecule has 26 heavy (non-hydrogen) atoms. The van der Waals surface area contributed by atoms with Gasteiger partial charge in [-0.2, -0.15) is 4.31 Å². The summed E-state index contributed by atoms with van der Waals surface area (Å²) in [6.45, 7) is 1.07. The molecule has 1 fully saturated rings. The minimum atomic E-state index is -4.09. The van der Waals surface area contributed by atoms with E-state index in [1.165, 1.54) is 0 Å². The minimum absolute atomic E-state index is 0.143. The summed E-state index contributed by atoms with van der Waals surface area (Å²) in [5.74, 6) is -3.41. The maximum absolute atomic E-state index is 13.7. The Morgan fingerprint density at radius 1 is 1.12 bits per heavy atom. The standard InChI is InChI=1S/C16H16F2N4O3S/c17-13-10-11(9-12(15(13)18)16(19)23)26(24,25)22-7-5-21(6-8-22)14-3-1-2-4-20-14/h1-4,9-10H,5-8H2,(H2,19,23). The lowest BCUT2D eigenvalue weighted by Crippen LogP contribution is -2.49. The predicted octanol–water partition coefficient (Wildman–Crippen LogP) is 0.970. The molecule has 2 aromatic rings. The SMILES string of the molecule is NC(=O)c1cc(S(=O)(=O)N2CCN(c3ccccn3)CC2)cc(F)c1F. The molecule has 0 bridgehead atoms. The first-order valence-corrected chi connectivity index (χ1v) is 9.19. The molecule has 1 saturated heterocycles. The number of primary amides is 1. The second kappa shape index (κ2) is 6.96. The highest BCUT2D eigenvalue weighted by atomic mass is 32.2. The summed E-state index contributed by atoms with van der Waals surface area (Å²) in [5, 5.41) is 0. The normalized spacial score (nSPS) is 15.8. The van der Waals surface area contributed by atoms with Crippen molar-refractivity contribution in [2.75, 3.05) is 31.1 Å². The zero-order valence-corrected chi connectivity index (χ0v) is 14.4. The van der Waals surface area contributed by atoms with E-state index in [1.54, 1.807) is 12.3 Å². The van der Waals surface area contributed by atoms with Gasteiger partial charge in [-0.15, -0.1) is 0 Å². The van der Waals surface area contributed by atoms with Crippen molar-refractivity contribution in [2.45, 2.75) is 4.90 Å². The molecule has 3 rings (SSSR count). The second-order valence-electron chi connectivity index (χ2n) is 5.71. The lowest BCUT2D eigenvalue weighted by atomic mass is 10.2. The Bertz CT molecular complexity index is 930. The minimum Gasteiger partial charge on any atom is -0.366 e. The van der Waals surface area contributed by atoms with Crippen LogP contribution in [0.15, 0.2) is 41.4 Å². The average molecular weight is 382 g/mol. The summed E-state index contributed by atoms with van der Waals surface area (Å²) in [4.78, 5) is 16.9. The predicted molar refractivity (Wildman–Crippen MR) is 90.1 cm³/mol. The van der Waals surface area contributed by atoms with Crippen molar-refractivity contribution in [1.29, 1.82) is 0 Å². The highest BCUT2D eigenvalue weighted by molar-refractivity contribution is 7.89. The van der Waals surface area contributed by atoms with Gasteiger partial charge in [0.15, 0.2) is 11.6 Å². The van der Waals surface area contributed by atoms with Gasteiger partial charge in [-0.1, -0.05) is 6.07 Å². The number of pyridine rings is 1. The molecule has 1 aliphatic heterocycles. The van der Waals surface area contributed by atoms with E-state index >= 15 is 0 Å². The van der Waals surface area contributed by atoms with Gasteiger partial charge in [0.05, 0.1) is 10.5 Å². The van der Waals surface area contributed by atoms with Crippen LogP contribution < -0.4 is 10.6 Å². The number of anilines is 1. The first kappa shape index (κ1) is 18.2. The van der Waals surface area contributed by atoms with E-state index in [0.29, 0.717) is 19.2 Å². The zero-order valence-electron chi connectivity index (χ0n) is 13.6. The number of carbonyl (C=O) groups is 1. The summed E-state index contributed by atoms with van der Waals surface area (Å²) in [6.07, 6.45) is 1.64. The first-order valence-electron chi connectivity index (χ1n) is 7.75. The quantitative estimate of drug-likeness (QED) is 0.850. The Hall–Kier alpha value is -2.59. The van der Waals surface area contributed by atoms with Gasteiger partial charge in [-0.3, -0.25) is 4.79 Å². The van der Waals surface area contributed by atoms with E-state index in [1.807, 2.05) is 17.0 Å². The number of nitrogens with zero attached hydrogens (tertiary/aromatic N) is 3. The smallest absolute Gasteiger partial charge is 0.251 e. The number of rotatable bonds is 4. The molecule has 2 N–H and O–H groups in total. The molecule has 1 amide bonds. The Labute approximate surface area is 149 Å². The Kier molecular flexibility index (Phi) is 4.88. The van der Waals surface area contributed by atoms with Crippen LogP contribution in [0.5, 0.6) is 0 Å². The van der Waals surface area contributed by atoms with Crippen LogP contribution in [0.2, 0.25) is 0 Å². The van der Waals surface area contributed by atoms with E-state index in [2.05, 4.69) is 4.98 Å². The summed E-state index contributed by atoms with van der Waals surface area (Å²) >= 11 is 0.